The molecule has 8 nitrogen and oxygen atoms in total. The monoisotopic (exact) mass is 461 g/mol. The molecule has 1 aliphatic rings. The number of benzene rings is 2. The van der Waals surface area contributed by atoms with Crippen LogP contribution in [0.5, 0.6) is 11.5 Å². The number of hydrogen-bond donors (Lipinski definition) is 2. The summed E-state index contributed by atoms with van der Waals surface area (Å²) in [7, 11) is 1.58. The SMILES string of the molecule is CCCCCCOc1ccc([C@H]2C(C(=O)Nc3ccccc3OC)=C(C)Nc3ncnn32)cc1. The van der Waals surface area contributed by atoms with Gasteiger partial charge in [0.1, 0.15) is 23.9 Å². The molecule has 1 amide bonds. The van der Waals surface area contributed by atoms with Crippen LogP contribution < -0.4 is 20.1 Å². The molecular weight excluding hydrogens is 430 g/mol. The smallest absolute Gasteiger partial charge is 0.255 e. The van der Waals surface area contributed by atoms with Gasteiger partial charge < -0.3 is 20.1 Å². The number of amides is 1. The summed E-state index contributed by atoms with van der Waals surface area (Å²) in [6.45, 7) is 4.77. The molecule has 0 spiro atoms. The molecule has 2 aromatic carbocycles. The van der Waals surface area contributed by atoms with Crippen LogP contribution in [0, 0.1) is 0 Å². The van der Waals surface area contributed by atoms with Gasteiger partial charge in [0.15, 0.2) is 0 Å². The van der Waals surface area contributed by atoms with Crippen LogP contribution in [0.2, 0.25) is 0 Å². The van der Waals surface area contributed by atoms with E-state index in [4.69, 9.17) is 9.47 Å². The Balaban J connectivity index is 1.58. The number of hydrogen-bond acceptors (Lipinski definition) is 6. The Hall–Kier alpha value is -3.81. The molecule has 0 saturated carbocycles. The summed E-state index contributed by atoms with van der Waals surface area (Å²) in [5.74, 6) is 1.76. The number of carbonyl (C=O) groups is 1. The number of aromatic nitrogens is 3. The molecule has 3 aromatic rings. The van der Waals surface area contributed by atoms with E-state index in [1.165, 1.54) is 25.6 Å². The maximum absolute atomic E-state index is 13.5. The molecule has 2 N–H and O–H groups in total. The fourth-order valence-corrected chi connectivity index (χ4v) is 4.10. The van der Waals surface area contributed by atoms with E-state index in [1.54, 1.807) is 11.8 Å². The van der Waals surface area contributed by atoms with E-state index < -0.39 is 6.04 Å². The summed E-state index contributed by atoms with van der Waals surface area (Å²) in [4.78, 5) is 17.8. The standard InChI is InChI=1S/C26H31N5O3/c1-4-5-6-9-16-34-20-14-12-19(13-15-20)24-23(18(2)29-26-27-17-28-31(24)26)25(32)30-21-10-7-8-11-22(21)33-3/h7-8,10-15,17,24H,4-6,9,16H2,1-3H3,(H,30,32)(H,27,28,29)/t24-/m0/s1. The number of unbranched alkanes of at least 4 members (excludes halogenated alkanes) is 3. The van der Waals surface area contributed by atoms with Crippen LogP contribution in [0.1, 0.15) is 51.1 Å². The summed E-state index contributed by atoms with van der Waals surface area (Å²) >= 11 is 0. The zero-order chi connectivity index (χ0) is 23.9. The van der Waals surface area contributed by atoms with Crippen LogP contribution in [-0.2, 0) is 4.79 Å². The van der Waals surface area contributed by atoms with Crippen LogP contribution in [0.4, 0.5) is 11.6 Å². The lowest BCUT2D eigenvalue weighted by molar-refractivity contribution is -0.113. The van der Waals surface area contributed by atoms with Crippen molar-refractivity contribution in [1.29, 1.82) is 0 Å². The van der Waals surface area contributed by atoms with E-state index in [9.17, 15) is 4.79 Å². The van der Waals surface area contributed by atoms with Crippen LogP contribution in [0.15, 0.2) is 66.1 Å². The Morgan fingerprint density at radius 3 is 2.68 bits per heavy atom. The third kappa shape index (κ3) is 5.06. The molecule has 1 aliphatic heterocycles. The molecule has 1 atom stereocenters. The minimum Gasteiger partial charge on any atom is -0.495 e. The lowest BCUT2D eigenvalue weighted by Gasteiger charge is -2.29. The first-order valence-electron chi connectivity index (χ1n) is 11.7. The molecule has 0 bridgehead atoms. The van der Waals surface area contributed by atoms with E-state index >= 15 is 0 Å². The van der Waals surface area contributed by atoms with Crippen molar-refractivity contribution in [1.82, 2.24) is 14.8 Å². The number of carbonyl (C=O) groups excluding carboxylic acids is 1. The van der Waals surface area contributed by atoms with Gasteiger partial charge in [0, 0.05) is 5.70 Å². The average molecular weight is 462 g/mol. The van der Waals surface area contributed by atoms with E-state index in [0.29, 0.717) is 35.3 Å². The molecule has 0 saturated heterocycles. The Morgan fingerprint density at radius 2 is 1.91 bits per heavy atom. The van der Waals surface area contributed by atoms with E-state index in [0.717, 1.165) is 17.7 Å². The number of para-hydroxylation sites is 2. The molecule has 0 aliphatic carbocycles. The van der Waals surface area contributed by atoms with Crippen molar-refractivity contribution in [2.24, 2.45) is 0 Å². The van der Waals surface area contributed by atoms with Crippen molar-refractivity contribution in [3.05, 3.63) is 71.7 Å². The van der Waals surface area contributed by atoms with E-state index in [2.05, 4.69) is 27.6 Å². The number of ether oxygens (including phenoxy) is 2. The largest absolute Gasteiger partial charge is 0.495 e. The normalized spacial score (nSPS) is 14.9. The first kappa shape index (κ1) is 23.4. The van der Waals surface area contributed by atoms with Crippen molar-refractivity contribution in [3.63, 3.8) is 0 Å². The number of methoxy groups -OCH3 is 1. The van der Waals surface area contributed by atoms with Gasteiger partial charge in [-0.25, -0.2) is 4.68 Å². The van der Waals surface area contributed by atoms with Crippen molar-refractivity contribution >= 4 is 17.5 Å². The van der Waals surface area contributed by atoms with Gasteiger partial charge in [-0.2, -0.15) is 10.1 Å². The molecule has 0 fully saturated rings. The highest BCUT2D eigenvalue weighted by molar-refractivity contribution is 6.06. The van der Waals surface area contributed by atoms with Gasteiger partial charge in [0.05, 0.1) is 25.0 Å². The minimum absolute atomic E-state index is 0.239. The first-order valence-corrected chi connectivity index (χ1v) is 11.7. The Morgan fingerprint density at radius 1 is 1.12 bits per heavy atom. The lowest BCUT2D eigenvalue weighted by atomic mass is 9.95. The molecule has 0 radical (unpaired) electrons. The second-order valence-electron chi connectivity index (χ2n) is 8.23. The zero-order valence-electron chi connectivity index (χ0n) is 19.9. The van der Waals surface area contributed by atoms with Gasteiger partial charge in [-0.1, -0.05) is 50.5 Å². The molecular formula is C26H31N5O3. The number of allylic oxidation sites excluding steroid dienone is 1. The lowest BCUT2D eigenvalue weighted by Crippen LogP contribution is -2.31. The van der Waals surface area contributed by atoms with Crippen LogP contribution in [0.3, 0.4) is 0 Å². The fourth-order valence-electron chi connectivity index (χ4n) is 4.10. The van der Waals surface area contributed by atoms with E-state index in [1.807, 2.05) is 55.5 Å². The highest BCUT2D eigenvalue weighted by Crippen LogP contribution is 2.36. The zero-order valence-corrected chi connectivity index (χ0v) is 19.9. The molecule has 8 heteroatoms. The average Bonchev–Trinajstić information content (AvgIpc) is 3.32. The van der Waals surface area contributed by atoms with Gasteiger partial charge in [0.25, 0.3) is 5.91 Å². The van der Waals surface area contributed by atoms with Crippen molar-refractivity contribution in [2.45, 2.75) is 45.6 Å². The number of nitrogens with zero attached hydrogens (tertiary/aromatic N) is 3. The summed E-state index contributed by atoms with van der Waals surface area (Å²) in [5, 5.41) is 10.6. The quantitative estimate of drug-likeness (QED) is 0.405. The Bertz CT molecular complexity index is 1150. The number of rotatable bonds is 10. The van der Waals surface area contributed by atoms with Crippen molar-refractivity contribution in [3.8, 4) is 11.5 Å². The summed E-state index contributed by atoms with van der Waals surface area (Å²) in [5.41, 5.74) is 2.78. The first-order chi connectivity index (χ1) is 16.6. The predicted octanol–water partition coefficient (Wildman–Crippen LogP) is 5.17. The Labute approximate surface area is 200 Å². The summed E-state index contributed by atoms with van der Waals surface area (Å²) in [6, 6.07) is 14.7. The van der Waals surface area contributed by atoms with Crippen LogP contribution in [0.25, 0.3) is 0 Å². The van der Waals surface area contributed by atoms with Gasteiger partial charge >= 0.3 is 0 Å². The van der Waals surface area contributed by atoms with Crippen molar-refractivity contribution in [2.75, 3.05) is 24.4 Å². The Kier molecular flexibility index (Phi) is 7.47. The van der Waals surface area contributed by atoms with Crippen LogP contribution >= 0.6 is 0 Å². The summed E-state index contributed by atoms with van der Waals surface area (Å²) in [6.07, 6.45) is 6.13. The molecule has 178 valence electrons. The maximum Gasteiger partial charge on any atom is 0.255 e. The van der Waals surface area contributed by atoms with Gasteiger partial charge in [-0.05, 0) is 43.2 Å². The highest BCUT2D eigenvalue weighted by atomic mass is 16.5. The molecule has 1 aromatic heterocycles. The molecule has 34 heavy (non-hydrogen) atoms. The minimum atomic E-state index is -0.438. The van der Waals surface area contributed by atoms with Gasteiger partial charge in [-0.3, -0.25) is 4.79 Å². The summed E-state index contributed by atoms with van der Waals surface area (Å²) < 4.78 is 13.0. The molecule has 4 rings (SSSR count). The third-order valence-corrected chi connectivity index (χ3v) is 5.86. The molecule has 0 unspecified atom stereocenters. The van der Waals surface area contributed by atoms with E-state index in [-0.39, 0.29) is 5.91 Å². The second kappa shape index (κ2) is 10.9. The number of nitrogens with one attached hydrogen (secondary N) is 2. The number of fused-ring (bicyclic) bond motifs is 1. The van der Waals surface area contributed by atoms with Crippen LogP contribution in [-0.4, -0.2) is 34.4 Å². The molecule has 2 heterocycles. The maximum atomic E-state index is 13.5. The van der Waals surface area contributed by atoms with Gasteiger partial charge in [-0.15, -0.1) is 0 Å². The highest BCUT2D eigenvalue weighted by Gasteiger charge is 2.33. The fraction of sp³-hybridized carbons (Fsp3) is 0.346. The third-order valence-electron chi connectivity index (χ3n) is 5.86. The van der Waals surface area contributed by atoms with Gasteiger partial charge in [0.2, 0.25) is 5.95 Å². The number of anilines is 2. The van der Waals surface area contributed by atoms with Crippen molar-refractivity contribution < 1.29 is 14.3 Å². The topological polar surface area (TPSA) is 90.3 Å². The second-order valence-corrected chi connectivity index (χ2v) is 8.23. The predicted molar refractivity (Wildman–Crippen MR) is 132 cm³/mol.